The molecule has 0 aliphatic rings. The lowest BCUT2D eigenvalue weighted by Crippen LogP contribution is -2.43. The van der Waals surface area contributed by atoms with Crippen molar-refractivity contribution in [3.05, 3.63) is 70.3 Å². The van der Waals surface area contributed by atoms with Crippen LogP contribution in [0.2, 0.25) is 0 Å². The minimum Gasteiger partial charge on any atom is -0.364 e. The SMILES string of the molecule is CC.CC.CCCC(NCCCN)C(=O)NC.CCCN(C)CCC.Cc1cc(C=O)cc(C(O)O)c1.Cc1cc(F)cc(F)c1. The number of carbonyl (C=O) groups excluding carboxylic acids is 2. The molecule has 2 rings (SSSR count). The molecule has 6 N–H and O–H groups in total. The number of likely N-dealkylation sites (N-methyl/N-ethyl adjacent to an activating group) is 1. The molecule has 268 valence electrons. The number of carbonyl (C=O) groups is 2. The molecule has 46 heavy (non-hydrogen) atoms. The van der Waals surface area contributed by atoms with E-state index in [9.17, 15) is 18.4 Å². The highest BCUT2D eigenvalue weighted by molar-refractivity contribution is 5.81. The summed E-state index contributed by atoms with van der Waals surface area (Å²) in [5.74, 6) is -0.973. The number of nitrogens with one attached hydrogen (secondary N) is 2. The first kappa shape index (κ1) is 50.1. The lowest BCUT2D eigenvalue weighted by molar-refractivity contribution is -0.122. The first-order valence-corrected chi connectivity index (χ1v) is 16.6. The van der Waals surface area contributed by atoms with Crippen LogP contribution in [0.1, 0.15) is 114 Å². The van der Waals surface area contributed by atoms with E-state index in [1.54, 1.807) is 33.0 Å². The fraction of sp³-hybridized carbons (Fsp3) is 0.611. The van der Waals surface area contributed by atoms with Gasteiger partial charge in [0.15, 0.2) is 6.29 Å². The molecular formula is C36H66F2N4O4. The van der Waals surface area contributed by atoms with Crippen LogP contribution in [-0.2, 0) is 4.79 Å². The Hall–Kier alpha value is -2.76. The van der Waals surface area contributed by atoms with E-state index in [-0.39, 0.29) is 11.9 Å². The highest BCUT2D eigenvalue weighted by Crippen LogP contribution is 2.13. The van der Waals surface area contributed by atoms with Gasteiger partial charge in [0.2, 0.25) is 5.91 Å². The first-order valence-electron chi connectivity index (χ1n) is 16.6. The van der Waals surface area contributed by atoms with Gasteiger partial charge in [0, 0.05) is 24.2 Å². The third kappa shape index (κ3) is 29.9. The number of rotatable bonds is 13. The maximum Gasteiger partial charge on any atom is 0.236 e. The van der Waals surface area contributed by atoms with E-state index in [4.69, 9.17) is 15.9 Å². The normalized spacial score (nSPS) is 10.2. The lowest BCUT2D eigenvalue weighted by Gasteiger charge is -2.15. The van der Waals surface area contributed by atoms with Crippen molar-refractivity contribution >= 4 is 12.2 Å². The van der Waals surface area contributed by atoms with E-state index in [1.807, 2.05) is 27.7 Å². The summed E-state index contributed by atoms with van der Waals surface area (Å²) in [5.41, 5.74) is 7.60. The average molecular weight is 657 g/mol. The van der Waals surface area contributed by atoms with Crippen molar-refractivity contribution in [2.75, 3.05) is 40.3 Å². The third-order valence-corrected chi connectivity index (χ3v) is 5.69. The number of nitrogens with zero attached hydrogens (tertiary/aromatic N) is 1. The van der Waals surface area contributed by atoms with Crippen LogP contribution < -0.4 is 16.4 Å². The van der Waals surface area contributed by atoms with Crippen LogP contribution in [0.25, 0.3) is 0 Å². The van der Waals surface area contributed by atoms with Crippen LogP contribution in [0.4, 0.5) is 8.78 Å². The molecule has 1 unspecified atom stereocenters. The van der Waals surface area contributed by atoms with Crippen molar-refractivity contribution in [3.63, 3.8) is 0 Å². The van der Waals surface area contributed by atoms with E-state index < -0.39 is 17.9 Å². The molecule has 2 aromatic carbocycles. The second kappa shape index (κ2) is 35.1. The smallest absolute Gasteiger partial charge is 0.236 e. The molecule has 0 aliphatic heterocycles. The Morgan fingerprint density at radius 1 is 0.891 bits per heavy atom. The van der Waals surface area contributed by atoms with Gasteiger partial charge in [0.1, 0.15) is 17.9 Å². The summed E-state index contributed by atoms with van der Waals surface area (Å²) in [6.45, 7) is 21.9. The van der Waals surface area contributed by atoms with Crippen molar-refractivity contribution in [2.24, 2.45) is 5.73 Å². The topological polar surface area (TPSA) is 128 Å². The van der Waals surface area contributed by atoms with E-state index in [2.05, 4.69) is 43.4 Å². The second-order valence-corrected chi connectivity index (χ2v) is 9.97. The highest BCUT2D eigenvalue weighted by Gasteiger charge is 2.14. The van der Waals surface area contributed by atoms with Crippen LogP contribution >= 0.6 is 0 Å². The largest absolute Gasteiger partial charge is 0.364 e. The van der Waals surface area contributed by atoms with Crippen LogP contribution in [0.15, 0.2) is 36.4 Å². The van der Waals surface area contributed by atoms with Crippen LogP contribution in [0.5, 0.6) is 0 Å². The van der Waals surface area contributed by atoms with E-state index >= 15 is 0 Å². The summed E-state index contributed by atoms with van der Waals surface area (Å²) >= 11 is 0. The van der Waals surface area contributed by atoms with Gasteiger partial charge in [-0.1, -0.05) is 61.0 Å². The first-order chi connectivity index (χ1) is 21.9. The van der Waals surface area contributed by atoms with Crippen LogP contribution in [-0.4, -0.2) is 73.6 Å². The maximum atomic E-state index is 12.2. The maximum absolute atomic E-state index is 12.2. The molecular weight excluding hydrogens is 590 g/mol. The van der Waals surface area contributed by atoms with Crippen LogP contribution in [0, 0.1) is 25.5 Å². The number of hydrogen-bond donors (Lipinski definition) is 5. The number of aliphatic hydroxyl groups is 2. The number of halogens is 2. The molecule has 0 spiro atoms. The Balaban J connectivity index is -0.000000250. The van der Waals surface area contributed by atoms with Gasteiger partial charge in [-0.05, 0) is 108 Å². The average Bonchev–Trinajstić information content (AvgIpc) is 3.02. The summed E-state index contributed by atoms with van der Waals surface area (Å²) in [5, 5.41) is 23.4. The molecule has 8 nitrogen and oxygen atoms in total. The van der Waals surface area contributed by atoms with Gasteiger partial charge < -0.3 is 31.5 Å². The van der Waals surface area contributed by atoms with Gasteiger partial charge in [0.05, 0.1) is 6.04 Å². The predicted molar refractivity (Wildman–Crippen MR) is 190 cm³/mol. The molecule has 0 saturated carbocycles. The Kier molecular flexibility index (Phi) is 38.2. The number of hydrogen-bond acceptors (Lipinski definition) is 7. The Bertz CT molecular complexity index is 938. The van der Waals surface area contributed by atoms with Crippen LogP contribution in [0.3, 0.4) is 0 Å². The van der Waals surface area contributed by atoms with Gasteiger partial charge in [-0.15, -0.1) is 0 Å². The minimum absolute atomic E-state index is 0.0541. The number of aryl methyl sites for hydroxylation is 2. The third-order valence-electron chi connectivity index (χ3n) is 5.69. The quantitative estimate of drug-likeness (QED) is 0.0923. The molecule has 0 radical (unpaired) electrons. The standard InChI is InChI=1S/C9H21N3O.C9H10O3.C7H6F2.C7H17N.2C2H6/c1-3-5-8(9(13)11-2)12-7-4-6-10;1-6-2-7(5-10)4-8(3-6)9(11)12;1-5-2-6(8)4-7(9)3-5;1-4-6-8(3)7-5-2;2*1-2/h8,12H,3-7,10H2,1-2H3,(H,11,13);2-5,9,11-12H,1H3;2-4H,1H3;4-7H2,1-3H3;2*1-2H3. The molecule has 0 aliphatic carbocycles. The fourth-order valence-electron chi connectivity index (χ4n) is 3.79. The monoisotopic (exact) mass is 657 g/mol. The molecule has 10 heteroatoms. The zero-order valence-corrected chi connectivity index (χ0v) is 30.6. The zero-order valence-electron chi connectivity index (χ0n) is 30.6. The number of aldehydes is 1. The molecule has 0 fully saturated rings. The van der Waals surface area contributed by atoms with Gasteiger partial charge >= 0.3 is 0 Å². The van der Waals surface area contributed by atoms with Crippen molar-refractivity contribution in [2.45, 2.75) is 107 Å². The fourth-order valence-corrected chi connectivity index (χ4v) is 3.79. The molecule has 1 atom stereocenters. The van der Waals surface area contributed by atoms with E-state index in [0.29, 0.717) is 29.5 Å². The van der Waals surface area contributed by atoms with Crippen molar-refractivity contribution in [1.29, 1.82) is 0 Å². The summed E-state index contributed by atoms with van der Waals surface area (Å²) in [6.07, 6.45) is 4.52. The van der Waals surface area contributed by atoms with Crippen molar-refractivity contribution in [1.82, 2.24) is 15.5 Å². The van der Waals surface area contributed by atoms with E-state index in [1.165, 1.54) is 44.1 Å². The van der Waals surface area contributed by atoms with E-state index in [0.717, 1.165) is 37.4 Å². The number of nitrogens with two attached hydrogens (primary N) is 1. The molecule has 0 saturated heterocycles. The minimum atomic E-state index is -1.51. The number of aliphatic hydroxyl groups excluding tert-OH is 1. The van der Waals surface area contributed by atoms with Gasteiger partial charge in [-0.25, -0.2) is 8.78 Å². The molecule has 0 bridgehead atoms. The summed E-state index contributed by atoms with van der Waals surface area (Å²) < 4.78 is 24.4. The molecule has 1 amide bonds. The molecule has 0 aromatic heterocycles. The number of benzene rings is 2. The zero-order chi connectivity index (χ0) is 36.5. The highest BCUT2D eigenvalue weighted by atomic mass is 19.1. The molecule has 0 heterocycles. The van der Waals surface area contributed by atoms with Crippen molar-refractivity contribution in [3.8, 4) is 0 Å². The van der Waals surface area contributed by atoms with Crippen molar-refractivity contribution < 1.29 is 28.6 Å². The van der Waals surface area contributed by atoms with Gasteiger partial charge in [0.25, 0.3) is 0 Å². The number of amides is 1. The lowest BCUT2D eigenvalue weighted by atomic mass is 10.1. The second-order valence-electron chi connectivity index (χ2n) is 9.97. The van der Waals surface area contributed by atoms with Gasteiger partial charge in [-0.3, -0.25) is 9.59 Å². The summed E-state index contributed by atoms with van der Waals surface area (Å²) in [6, 6.07) is 8.11. The molecule has 2 aromatic rings. The Morgan fingerprint density at radius 3 is 1.76 bits per heavy atom. The summed E-state index contributed by atoms with van der Waals surface area (Å²) in [7, 11) is 3.84. The Morgan fingerprint density at radius 2 is 1.39 bits per heavy atom. The Labute approximate surface area is 279 Å². The summed E-state index contributed by atoms with van der Waals surface area (Å²) in [4.78, 5) is 24.0. The predicted octanol–water partition coefficient (Wildman–Crippen LogP) is 6.69. The van der Waals surface area contributed by atoms with Gasteiger partial charge in [-0.2, -0.15) is 0 Å².